The largest absolute Gasteiger partial charge is 0.491 e. The van der Waals surface area contributed by atoms with E-state index in [0.717, 1.165) is 54.8 Å². The molecule has 1 atom stereocenters. The number of carbonyl (C=O) groups is 2. The number of aliphatic carboxylic acids is 1. The van der Waals surface area contributed by atoms with Crippen molar-refractivity contribution in [2.45, 2.75) is 51.6 Å². The van der Waals surface area contributed by atoms with Crippen molar-refractivity contribution in [3.8, 4) is 5.75 Å². The first-order chi connectivity index (χ1) is 16.8. The highest BCUT2D eigenvalue weighted by Crippen LogP contribution is 2.38. The van der Waals surface area contributed by atoms with Gasteiger partial charge in [0.15, 0.2) is 0 Å². The molecule has 0 spiro atoms. The first-order valence-corrected chi connectivity index (χ1v) is 13.0. The van der Waals surface area contributed by atoms with Crippen molar-refractivity contribution in [2.24, 2.45) is 5.92 Å². The topological polar surface area (TPSA) is 70.1 Å². The molecule has 1 N–H and O–H groups in total. The molecule has 35 heavy (non-hydrogen) atoms. The molecule has 1 aliphatic carbocycles. The van der Waals surface area contributed by atoms with E-state index in [4.69, 9.17) is 27.9 Å². The monoisotopic (exact) mass is 518 g/mol. The van der Waals surface area contributed by atoms with Crippen molar-refractivity contribution < 1.29 is 19.4 Å². The number of likely N-dealkylation sites (tertiary alicyclic amines) is 1. The molecule has 1 unspecified atom stereocenters. The maximum atomic E-state index is 11.8. The van der Waals surface area contributed by atoms with Crippen LogP contribution in [-0.4, -0.2) is 53.0 Å². The van der Waals surface area contributed by atoms with Gasteiger partial charge in [-0.3, -0.25) is 14.5 Å². The average molecular weight is 519 g/mol. The SMILES string of the molecule is Cc1cc(CN(CC2CC2)C(CC(=O)O)c2ccc(Cl)cc2Cl)ccc1OCCN1CCCC1=O. The Bertz CT molecular complexity index is 1070. The van der Waals surface area contributed by atoms with Gasteiger partial charge in [0.05, 0.1) is 13.0 Å². The Hall–Kier alpha value is -2.28. The van der Waals surface area contributed by atoms with E-state index in [0.29, 0.717) is 42.1 Å². The maximum absolute atomic E-state index is 11.8. The predicted octanol–water partition coefficient (Wildman–Crippen LogP) is 5.73. The first-order valence-electron chi connectivity index (χ1n) is 12.2. The summed E-state index contributed by atoms with van der Waals surface area (Å²) in [5.74, 6) is 0.720. The second-order valence-electron chi connectivity index (χ2n) is 9.58. The molecule has 2 fully saturated rings. The Labute approximate surface area is 216 Å². The van der Waals surface area contributed by atoms with E-state index >= 15 is 0 Å². The Kier molecular flexibility index (Phi) is 8.58. The van der Waals surface area contributed by atoms with Crippen LogP contribution in [0.4, 0.5) is 0 Å². The van der Waals surface area contributed by atoms with Gasteiger partial charge in [0.25, 0.3) is 0 Å². The molecule has 8 heteroatoms. The van der Waals surface area contributed by atoms with Crippen LogP contribution in [0.25, 0.3) is 0 Å². The van der Waals surface area contributed by atoms with Crippen molar-refractivity contribution in [3.05, 3.63) is 63.1 Å². The van der Waals surface area contributed by atoms with Gasteiger partial charge in [-0.25, -0.2) is 0 Å². The third-order valence-electron chi connectivity index (χ3n) is 6.74. The molecule has 4 rings (SSSR count). The molecule has 1 aliphatic heterocycles. The van der Waals surface area contributed by atoms with Crippen LogP contribution in [0.3, 0.4) is 0 Å². The van der Waals surface area contributed by atoms with Gasteiger partial charge in [-0.2, -0.15) is 0 Å². The van der Waals surface area contributed by atoms with Crippen LogP contribution in [0.15, 0.2) is 36.4 Å². The summed E-state index contributed by atoms with van der Waals surface area (Å²) < 4.78 is 5.96. The molecule has 0 bridgehead atoms. The number of carbonyl (C=O) groups excluding carboxylic acids is 1. The number of nitrogens with zero attached hydrogens (tertiary/aromatic N) is 2. The van der Waals surface area contributed by atoms with E-state index in [1.807, 2.05) is 30.0 Å². The zero-order chi connectivity index (χ0) is 24.9. The van der Waals surface area contributed by atoms with Gasteiger partial charge in [-0.1, -0.05) is 41.4 Å². The Morgan fingerprint density at radius 1 is 1.23 bits per heavy atom. The summed E-state index contributed by atoms with van der Waals surface area (Å²) >= 11 is 12.6. The second kappa shape index (κ2) is 11.6. The van der Waals surface area contributed by atoms with E-state index in [1.165, 1.54) is 0 Å². The molecule has 188 valence electrons. The fourth-order valence-corrected chi connectivity index (χ4v) is 5.25. The summed E-state index contributed by atoms with van der Waals surface area (Å²) in [5.41, 5.74) is 2.89. The number of rotatable bonds is 12. The predicted molar refractivity (Wildman–Crippen MR) is 137 cm³/mol. The Morgan fingerprint density at radius 3 is 2.66 bits per heavy atom. The summed E-state index contributed by atoms with van der Waals surface area (Å²) in [4.78, 5) is 27.7. The molecule has 0 aromatic heterocycles. The van der Waals surface area contributed by atoms with Gasteiger partial charge in [-0.05, 0) is 67.0 Å². The van der Waals surface area contributed by atoms with Crippen LogP contribution < -0.4 is 4.74 Å². The van der Waals surface area contributed by atoms with Gasteiger partial charge in [0, 0.05) is 42.1 Å². The van der Waals surface area contributed by atoms with Gasteiger partial charge < -0.3 is 14.7 Å². The molecule has 1 amide bonds. The number of aryl methyl sites for hydroxylation is 1. The van der Waals surface area contributed by atoms with Crippen LogP contribution in [-0.2, 0) is 16.1 Å². The minimum atomic E-state index is -0.863. The molecule has 1 heterocycles. The molecule has 2 aliphatic rings. The van der Waals surface area contributed by atoms with E-state index < -0.39 is 5.97 Å². The smallest absolute Gasteiger partial charge is 0.305 e. The molecule has 2 aromatic carbocycles. The second-order valence-corrected chi connectivity index (χ2v) is 10.4. The lowest BCUT2D eigenvalue weighted by atomic mass is 10.00. The fourth-order valence-electron chi connectivity index (χ4n) is 4.72. The molecule has 1 saturated carbocycles. The number of amides is 1. The van der Waals surface area contributed by atoms with Crippen LogP contribution in [0.5, 0.6) is 5.75 Å². The summed E-state index contributed by atoms with van der Waals surface area (Å²) in [6, 6.07) is 11.0. The minimum absolute atomic E-state index is 0.0382. The normalized spacial score (nSPS) is 16.7. The van der Waals surface area contributed by atoms with E-state index in [9.17, 15) is 14.7 Å². The van der Waals surface area contributed by atoms with Gasteiger partial charge >= 0.3 is 5.97 Å². The number of carboxylic acid groups (broad SMARTS) is 1. The number of carboxylic acids is 1. The number of ether oxygens (including phenoxy) is 1. The lowest BCUT2D eigenvalue weighted by Crippen LogP contribution is -2.32. The van der Waals surface area contributed by atoms with Crippen LogP contribution in [0, 0.1) is 12.8 Å². The van der Waals surface area contributed by atoms with Crippen molar-refractivity contribution in [1.29, 1.82) is 0 Å². The summed E-state index contributed by atoms with van der Waals surface area (Å²) in [7, 11) is 0. The number of hydrogen-bond donors (Lipinski definition) is 1. The zero-order valence-corrected chi connectivity index (χ0v) is 21.5. The number of halogens is 2. The fraction of sp³-hybridized carbons (Fsp3) is 0.481. The van der Waals surface area contributed by atoms with E-state index in [-0.39, 0.29) is 18.4 Å². The van der Waals surface area contributed by atoms with Crippen molar-refractivity contribution in [1.82, 2.24) is 9.80 Å². The number of hydrogen-bond acceptors (Lipinski definition) is 4. The molecule has 1 saturated heterocycles. The average Bonchev–Trinajstić information content (AvgIpc) is 3.52. The van der Waals surface area contributed by atoms with Crippen molar-refractivity contribution in [3.63, 3.8) is 0 Å². The van der Waals surface area contributed by atoms with E-state index in [2.05, 4.69) is 11.0 Å². The Balaban J connectivity index is 1.48. The molecular weight excluding hydrogens is 487 g/mol. The third-order valence-corrected chi connectivity index (χ3v) is 7.30. The van der Waals surface area contributed by atoms with Crippen molar-refractivity contribution in [2.75, 3.05) is 26.2 Å². The summed E-state index contributed by atoms with van der Waals surface area (Å²) in [5, 5.41) is 10.7. The van der Waals surface area contributed by atoms with Gasteiger partial charge in [-0.15, -0.1) is 0 Å². The standard InChI is InChI=1S/C27H32Cl2N2O4/c1-18-13-20(6-9-25(18)35-12-11-30-10-2-3-26(30)32)17-31(16-19-4-5-19)24(15-27(33)34)22-8-7-21(28)14-23(22)29/h6-9,13-14,19,24H,2-5,10-12,15-17H2,1H3,(H,33,34). The highest BCUT2D eigenvalue weighted by atomic mass is 35.5. The zero-order valence-electron chi connectivity index (χ0n) is 20.0. The molecule has 6 nitrogen and oxygen atoms in total. The highest BCUT2D eigenvalue weighted by molar-refractivity contribution is 6.35. The first kappa shape index (κ1) is 25.8. The maximum Gasteiger partial charge on any atom is 0.305 e. The Morgan fingerprint density at radius 2 is 2.03 bits per heavy atom. The van der Waals surface area contributed by atoms with E-state index in [1.54, 1.807) is 12.1 Å². The number of benzene rings is 2. The van der Waals surface area contributed by atoms with Crippen molar-refractivity contribution >= 4 is 35.1 Å². The van der Waals surface area contributed by atoms with Crippen LogP contribution in [0.2, 0.25) is 10.0 Å². The lowest BCUT2D eigenvalue weighted by molar-refractivity contribution is -0.138. The summed E-state index contributed by atoms with van der Waals surface area (Å²) in [6.45, 7) is 5.32. The minimum Gasteiger partial charge on any atom is -0.491 e. The quantitative estimate of drug-likeness (QED) is 0.388. The van der Waals surface area contributed by atoms with Gasteiger partial charge in [0.1, 0.15) is 12.4 Å². The molecule has 2 aromatic rings. The molecular formula is C27H32Cl2N2O4. The van der Waals surface area contributed by atoms with Gasteiger partial charge in [0.2, 0.25) is 5.91 Å². The van der Waals surface area contributed by atoms with Crippen LogP contribution in [0.1, 0.15) is 54.8 Å². The van der Waals surface area contributed by atoms with Crippen LogP contribution >= 0.6 is 23.2 Å². The third kappa shape index (κ3) is 7.12. The molecule has 0 radical (unpaired) electrons. The highest BCUT2D eigenvalue weighted by Gasteiger charge is 2.31. The summed E-state index contributed by atoms with van der Waals surface area (Å²) in [6.07, 6.45) is 3.85. The lowest BCUT2D eigenvalue weighted by Gasteiger charge is -2.32.